The maximum absolute atomic E-state index is 12.0. The molecule has 0 aromatic carbocycles. The van der Waals surface area contributed by atoms with E-state index in [2.05, 4.69) is 10.6 Å². The topological polar surface area (TPSA) is 78.4 Å². The van der Waals surface area contributed by atoms with E-state index in [-0.39, 0.29) is 23.8 Å². The SMILES string of the molecule is CC(C(=O)NC1CCCC(C(=O)O)C1)C1CNC1. The van der Waals surface area contributed by atoms with E-state index in [4.69, 9.17) is 5.11 Å². The molecule has 18 heavy (non-hydrogen) atoms. The Kier molecular flexibility index (Phi) is 4.22. The molecule has 5 heteroatoms. The van der Waals surface area contributed by atoms with Crippen LogP contribution in [0, 0.1) is 17.8 Å². The molecule has 0 bridgehead atoms. The molecule has 1 heterocycles. The van der Waals surface area contributed by atoms with Crippen molar-refractivity contribution in [2.45, 2.75) is 38.6 Å². The molecule has 3 unspecified atom stereocenters. The summed E-state index contributed by atoms with van der Waals surface area (Å²) in [5, 5.41) is 15.2. The lowest BCUT2D eigenvalue weighted by atomic mass is 9.84. The van der Waals surface area contributed by atoms with Crippen molar-refractivity contribution in [2.24, 2.45) is 17.8 Å². The summed E-state index contributed by atoms with van der Waals surface area (Å²) in [5.74, 6) is -0.479. The van der Waals surface area contributed by atoms with Gasteiger partial charge in [-0.2, -0.15) is 0 Å². The molecule has 5 nitrogen and oxygen atoms in total. The lowest BCUT2D eigenvalue weighted by Gasteiger charge is -2.34. The maximum atomic E-state index is 12.0. The molecule has 2 fully saturated rings. The van der Waals surface area contributed by atoms with Gasteiger partial charge in [-0.15, -0.1) is 0 Å². The molecule has 1 aliphatic heterocycles. The minimum absolute atomic E-state index is 0.0245. The lowest BCUT2D eigenvalue weighted by Crippen LogP contribution is -2.51. The zero-order chi connectivity index (χ0) is 13.1. The van der Waals surface area contributed by atoms with Crippen molar-refractivity contribution < 1.29 is 14.7 Å². The molecule has 0 spiro atoms. The fourth-order valence-electron chi connectivity index (χ4n) is 2.76. The maximum Gasteiger partial charge on any atom is 0.306 e. The average Bonchev–Trinajstić information content (AvgIpc) is 2.26. The molecule has 2 aliphatic rings. The quantitative estimate of drug-likeness (QED) is 0.686. The summed E-state index contributed by atoms with van der Waals surface area (Å²) in [6.45, 7) is 3.78. The van der Waals surface area contributed by atoms with Crippen LogP contribution in [0.3, 0.4) is 0 Å². The predicted molar refractivity (Wildman–Crippen MR) is 67.0 cm³/mol. The second-order valence-corrected chi connectivity index (χ2v) is 5.61. The van der Waals surface area contributed by atoms with Gasteiger partial charge in [-0.1, -0.05) is 13.3 Å². The van der Waals surface area contributed by atoms with Gasteiger partial charge in [-0.05, 0) is 38.3 Å². The fourth-order valence-corrected chi connectivity index (χ4v) is 2.76. The van der Waals surface area contributed by atoms with Gasteiger partial charge in [0.2, 0.25) is 5.91 Å². The highest BCUT2D eigenvalue weighted by molar-refractivity contribution is 5.79. The third-order valence-electron chi connectivity index (χ3n) is 4.30. The van der Waals surface area contributed by atoms with Crippen LogP contribution in [-0.2, 0) is 9.59 Å². The number of hydrogen-bond donors (Lipinski definition) is 3. The zero-order valence-electron chi connectivity index (χ0n) is 10.8. The summed E-state index contributed by atoms with van der Waals surface area (Å²) in [6, 6.07) is 0.0443. The van der Waals surface area contributed by atoms with Gasteiger partial charge >= 0.3 is 5.97 Å². The number of amides is 1. The molecule has 1 amide bonds. The van der Waals surface area contributed by atoms with Gasteiger partial charge in [-0.3, -0.25) is 9.59 Å². The number of carboxylic acids is 1. The zero-order valence-corrected chi connectivity index (χ0v) is 10.8. The Labute approximate surface area is 107 Å². The number of carbonyl (C=O) groups is 2. The van der Waals surface area contributed by atoms with Crippen LogP contribution in [-0.4, -0.2) is 36.1 Å². The predicted octanol–water partition coefficient (Wildman–Crippen LogP) is 0.602. The first-order chi connectivity index (χ1) is 8.58. The van der Waals surface area contributed by atoms with Gasteiger partial charge in [0.25, 0.3) is 0 Å². The Morgan fingerprint density at radius 3 is 2.61 bits per heavy atom. The van der Waals surface area contributed by atoms with Crippen molar-refractivity contribution in [2.75, 3.05) is 13.1 Å². The number of rotatable bonds is 4. The van der Waals surface area contributed by atoms with E-state index in [1.54, 1.807) is 0 Å². The summed E-state index contributed by atoms with van der Waals surface area (Å²) in [5.41, 5.74) is 0. The standard InChI is InChI=1S/C13H22N2O3/c1-8(10-6-14-7-10)12(16)15-11-4-2-3-9(5-11)13(17)18/h8-11,14H,2-7H2,1H3,(H,15,16)(H,17,18). The first kappa shape index (κ1) is 13.3. The van der Waals surface area contributed by atoms with Crippen molar-refractivity contribution in [1.29, 1.82) is 0 Å². The lowest BCUT2D eigenvalue weighted by molar-refractivity contribution is -0.143. The van der Waals surface area contributed by atoms with Gasteiger partial charge < -0.3 is 15.7 Å². The van der Waals surface area contributed by atoms with Crippen LogP contribution < -0.4 is 10.6 Å². The minimum Gasteiger partial charge on any atom is -0.481 e. The molecule has 0 radical (unpaired) electrons. The molecule has 0 aromatic heterocycles. The first-order valence-corrected chi connectivity index (χ1v) is 6.82. The number of nitrogens with one attached hydrogen (secondary N) is 2. The molecule has 1 saturated carbocycles. The van der Waals surface area contributed by atoms with E-state index in [0.29, 0.717) is 12.3 Å². The van der Waals surface area contributed by atoms with E-state index in [9.17, 15) is 9.59 Å². The van der Waals surface area contributed by atoms with Crippen LogP contribution in [0.1, 0.15) is 32.6 Å². The Morgan fingerprint density at radius 1 is 1.33 bits per heavy atom. The van der Waals surface area contributed by atoms with E-state index in [0.717, 1.165) is 32.4 Å². The van der Waals surface area contributed by atoms with Crippen molar-refractivity contribution in [3.05, 3.63) is 0 Å². The van der Waals surface area contributed by atoms with E-state index < -0.39 is 5.97 Å². The number of aliphatic carboxylic acids is 1. The molecule has 0 aromatic rings. The highest BCUT2D eigenvalue weighted by atomic mass is 16.4. The number of carboxylic acid groups (broad SMARTS) is 1. The molecular weight excluding hydrogens is 232 g/mol. The Morgan fingerprint density at radius 2 is 2.06 bits per heavy atom. The van der Waals surface area contributed by atoms with Crippen LogP contribution in [0.4, 0.5) is 0 Å². The van der Waals surface area contributed by atoms with Gasteiger partial charge in [0.15, 0.2) is 0 Å². The van der Waals surface area contributed by atoms with Crippen molar-refractivity contribution in [1.82, 2.24) is 10.6 Å². The second kappa shape index (κ2) is 5.69. The van der Waals surface area contributed by atoms with Crippen molar-refractivity contribution in [3.8, 4) is 0 Å². The molecule has 3 atom stereocenters. The Bertz CT molecular complexity index is 328. The Hall–Kier alpha value is -1.10. The van der Waals surface area contributed by atoms with Crippen LogP contribution >= 0.6 is 0 Å². The summed E-state index contributed by atoms with van der Waals surface area (Å²) < 4.78 is 0. The fraction of sp³-hybridized carbons (Fsp3) is 0.846. The summed E-state index contributed by atoms with van der Waals surface area (Å²) in [6.07, 6.45) is 3.12. The molecule has 102 valence electrons. The smallest absolute Gasteiger partial charge is 0.306 e. The van der Waals surface area contributed by atoms with Crippen LogP contribution in [0.25, 0.3) is 0 Å². The summed E-state index contributed by atoms with van der Waals surface area (Å²) >= 11 is 0. The normalized spacial score (nSPS) is 30.3. The van der Waals surface area contributed by atoms with Crippen LogP contribution in [0.15, 0.2) is 0 Å². The molecule has 1 aliphatic carbocycles. The first-order valence-electron chi connectivity index (χ1n) is 6.82. The average molecular weight is 254 g/mol. The van der Waals surface area contributed by atoms with E-state index >= 15 is 0 Å². The molecule has 1 saturated heterocycles. The highest BCUT2D eigenvalue weighted by Crippen LogP contribution is 2.25. The van der Waals surface area contributed by atoms with Crippen LogP contribution in [0.5, 0.6) is 0 Å². The second-order valence-electron chi connectivity index (χ2n) is 5.61. The largest absolute Gasteiger partial charge is 0.481 e. The van der Waals surface area contributed by atoms with Gasteiger partial charge in [0, 0.05) is 12.0 Å². The number of carbonyl (C=O) groups excluding carboxylic acids is 1. The van der Waals surface area contributed by atoms with Gasteiger partial charge in [-0.25, -0.2) is 0 Å². The summed E-state index contributed by atoms with van der Waals surface area (Å²) in [7, 11) is 0. The van der Waals surface area contributed by atoms with Crippen LogP contribution in [0.2, 0.25) is 0 Å². The third-order valence-corrected chi connectivity index (χ3v) is 4.30. The minimum atomic E-state index is -0.731. The van der Waals surface area contributed by atoms with Gasteiger partial charge in [0.1, 0.15) is 0 Å². The monoisotopic (exact) mass is 254 g/mol. The van der Waals surface area contributed by atoms with Crippen molar-refractivity contribution >= 4 is 11.9 Å². The van der Waals surface area contributed by atoms with E-state index in [1.807, 2.05) is 6.92 Å². The Balaban J connectivity index is 1.81. The molecule has 3 N–H and O–H groups in total. The number of hydrogen-bond acceptors (Lipinski definition) is 3. The summed E-state index contributed by atoms with van der Waals surface area (Å²) in [4.78, 5) is 23.0. The van der Waals surface area contributed by atoms with Crippen molar-refractivity contribution in [3.63, 3.8) is 0 Å². The molecular formula is C13H22N2O3. The third kappa shape index (κ3) is 3.02. The van der Waals surface area contributed by atoms with E-state index in [1.165, 1.54) is 0 Å². The highest BCUT2D eigenvalue weighted by Gasteiger charge is 2.32. The molecule has 2 rings (SSSR count). The van der Waals surface area contributed by atoms with Gasteiger partial charge in [0.05, 0.1) is 5.92 Å².